The molecule has 1 heterocycles. The number of hydrogen-bond acceptors (Lipinski definition) is 4. The average Bonchev–Trinajstić information content (AvgIpc) is 2.55. The Bertz CT molecular complexity index is 558. The van der Waals surface area contributed by atoms with Gasteiger partial charge in [0.25, 0.3) is 5.91 Å². The second kappa shape index (κ2) is 8.74. The maximum Gasteiger partial charge on any atom is 0.254 e. The Morgan fingerprint density at radius 3 is 2.35 bits per heavy atom. The number of aryl methyl sites for hydroxylation is 1. The molecule has 1 aromatic rings. The predicted molar refractivity (Wildman–Crippen MR) is 91.4 cm³/mol. The Morgan fingerprint density at radius 2 is 1.78 bits per heavy atom. The van der Waals surface area contributed by atoms with E-state index in [0.29, 0.717) is 44.0 Å². The van der Waals surface area contributed by atoms with Crippen molar-refractivity contribution in [2.75, 3.05) is 46.9 Å². The first-order valence-electron chi connectivity index (χ1n) is 7.43. The van der Waals surface area contributed by atoms with Crippen LogP contribution in [0.2, 0.25) is 0 Å². The van der Waals surface area contributed by atoms with E-state index in [1.807, 2.05) is 19.1 Å². The minimum Gasteiger partial charge on any atom is -0.496 e. The zero-order valence-corrected chi connectivity index (χ0v) is 14.6. The van der Waals surface area contributed by atoms with Crippen molar-refractivity contribution >= 4 is 24.2 Å². The molecule has 1 aliphatic heterocycles. The number of carbonyl (C=O) groups is 2. The molecule has 0 spiro atoms. The summed E-state index contributed by atoms with van der Waals surface area (Å²) in [6, 6.07) is 5.48. The average molecular weight is 342 g/mol. The summed E-state index contributed by atoms with van der Waals surface area (Å²) in [5.74, 6) is 0.777. The van der Waals surface area contributed by atoms with Gasteiger partial charge in [-0.1, -0.05) is 6.07 Å². The van der Waals surface area contributed by atoms with E-state index in [1.165, 1.54) is 0 Å². The van der Waals surface area contributed by atoms with Crippen molar-refractivity contribution in [2.45, 2.75) is 6.92 Å². The Labute approximate surface area is 143 Å². The zero-order chi connectivity index (χ0) is 16.1. The number of likely N-dealkylation sites (N-methyl/N-ethyl adjacent to an activating group) is 1. The van der Waals surface area contributed by atoms with Crippen LogP contribution in [0.1, 0.15) is 15.9 Å². The second-order valence-corrected chi connectivity index (χ2v) is 5.39. The molecule has 128 valence electrons. The van der Waals surface area contributed by atoms with Crippen LogP contribution in [0.3, 0.4) is 0 Å². The number of rotatable bonds is 4. The fourth-order valence-corrected chi connectivity index (χ4v) is 2.56. The Kier molecular flexibility index (Phi) is 7.32. The molecule has 7 heteroatoms. The maximum absolute atomic E-state index is 12.5. The molecule has 1 aliphatic rings. The molecule has 2 rings (SSSR count). The summed E-state index contributed by atoms with van der Waals surface area (Å²) in [6.45, 7) is 4.56. The highest BCUT2D eigenvalue weighted by molar-refractivity contribution is 5.95. The lowest BCUT2D eigenvalue weighted by Crippen LogP contribution is -2.52. The SMILES string of the molecule is CNCC(=O)N1CCN(C(=O)c2ccc(C)c(OC)c2)CC1.Cl. The third kappa shape index (κ3) is 4.59. The molecule has 1 N–H and O–H groups in total. The topological polar surface area (TPSA) is 61.9 Å². The van der Waals surface area contributed by atoms with E-state index in [2.05, 4.69) is 5.32 Å². The highest BCUT2D eigenvalue weighted by Crippen LogP contribution is 2.20. The van der Waals surface area contributed by atoms with Crippen LogP contribution >= 0.6 is 12.4 Å². The predicted octanol–water partition coefficient (Wildman–Crippen LogP) is 0.929. The highest BCUT2D eigenvalue weighted by Gasteiger charge is 2.24. The van der Waals surface area contributed by atoms with Gasteiger partial charge in [0.2, 0.25) is 5.91 Å². The normalized spacial score (nSPS) is 14.2. The molecule has 6 nitrogen and oxygen atoms in total. The molecule has 0 radical (unpaired) electrons. The molecule has 1 aromatic carbocycles. The quantitative estimate of drug-likeness (QED) is 0.885. The molecule has 1 fully saturated rings. The molecule has 23 heavy (non-hydrogen) atoms. The van der Waals surface area contributed by atoms with Crippen LogP contribution in [-0.4, -0.2) is 68.5 Å². The number of piperazine rings is 1. The largest absolute Gasteiger partial charge is 0.496 e. The molecule has 0 bridgehead atoms. The highest BCUT2D eigenvalue weighted by atomic mass is 35.5. The van der Waals surface area contributed by atoms with Crippen LogP contribution in [0.25, 0.3) is 0 Å². The van der Waals surface area contributed by atoms with Gasteiger partial charge in [0.05, 0.1) is 13.7 Å². The minimum absolute atomic E-state index is 0. The van der Waals surface area contributed by atoms with E-state index in [0.717, 1.165) is 5.56 Å². The van der Waals surface area contributed by atoms with Crippen LogP contribution in [0.5, 0.6) is 5.75 Å². The van der Waals surface area contributed by atoms with Gasteiger partial charge in [-0.2, -0.15) is 0 Å². The molecule has 0 aromatic heterocycles. The molecule has 0 aliphatic carbocycles. The summed E-state index contributed by atoms with van der Waals surface area (Å²) < 4.78 is 5.27. The molecule has 2 amide bonds. The van der Waals surface area contributed by atoms with Crippen LogP contribution < -0.4 is 10.1 Å². The first-order valence-corrected chi connectivity index (χ1v) is 7.43. The molecular formula is C16H24ClN3O3. The Balaban J connectivity index is 0.00000264. The standard InChI is InChI=1S/C16H23N3O3.ClH/c1-12-4-5-13(10-14(12)22-3)16(21)19-8-6-18(7-9-19)15(20)11-17-2;/h4-5,10,17H,6-9,11H2,1-3H3;1H. The van der Waals surface area contributed by atoms with Crippen molar-refractivity contribution in [3.05, 3.63) is 29.3 Å². The maximum atomic E-state index is 12.5. The van der Waals surface area contributed by atoms with Crippen molar-refractivity contribution in [3.63, 3.8) is 0 Å². The summed E-state index contributed by atoms with van der Waals surface area (Å²) in [6.07, 6.45) is 0. The van der Waals surface area contributed by atoms with Gasteiger partial charge in [0.1, 0.15) is 5.75 Å². The Hall–Kier alpha value is -1.79. The summed E-state index contributed by atoms with van der Waals surface area (Å²) in [5.41, 5.74) is 1.62. The van der Waals surface area contributed by atoms with E-state index in [9.17, 15) is 9.59 Å². The van der Waals surface area contributed by atoms with Gasteiger partial charge in [0, 0.05) is 31.7 Å². The second-order valence-electron chi connectivity index (χ2n) is 5.39. The van der Waals surface area contributed by atoms with Gasteiger partial charge in [-0.25, -0.2) is 0 Å². The third-order valence-corrected chi connectivity index (χ3v) is 3.90. The van der Waals surface area contributed by atoms with Crippen molar-refractivity contribution < 1.29 is 14.3 Å². The van der Waals surface area contributed by atoms with Gasteiger partial charge in [-0.05, 0) is 31.7 Å². The van der Waals surface area contributed by atoms with E-state index in [1.54, 1.807) is 30.0 Å². The van der Waals surface area contributed by atoms with Crippen LogP contribution in [0.4, 0.5) is 0 Å². The smallest absolute Gasteiger partial charge is 0.254 e. The summed E-state index contributed by atoms with van der Waals surface area (Å²) in [7, 11) is 3.35. The van der Waals surface area contributed by atoms with Crippen LogP contribution in [-0.2, 0) is 4.79 Å². The van der Waals surface area contributed by atoms with E-state index < -0.39 is 0 Å². The van der Waals surface area contributed by atoms with Crippen molar-refractivity contribution in [1.82, 2.24) is 15.1 Å². The van der Waals surface area contributed by atoms with Gasteiger partial charge in [0.15, 0.2) is 0 Å². The summed E-state index contributed by atoms with van der Waals surface area (Å²) >= 11 is 0. The molecule has 0 atom stereocenters. The number of amides is 2. The lowest BCUT2D eigenvalue weighted by atomic mass is 10.1. The first kappa shape index (κ1) is 19.3. The number of methoxy groups -OCH3 is 1. The van der Waals surface area contributed by atoms with Crippen LogP contribution in [0, 0.1) is 6.92 Å². The molecule has 1 saturated heterocycles. The lowest BCUT2D eigenvalue weighted by Gasteiger charge is -2.34. The number of benzene rings is 1. The number of ether oxygens (including phenoxy) is 1. The number of hydrogen-bond donors (Lipinski definition) is 1. The van der Waals surface area contributed by atoms with Crippen LogP contribution in [0.15, 0.2) is 18.2 Å². The monoisotopic (exact) mass is 341 g/mol. The number of halogens is 1. The van der Waals surface area contributed by atoms with Crippen molar-refractivity contribution in [3.8, 4) is 5.75 Å². The van der Waals surface area contributed by atoms with E-state index >= 15 is 0 Å². The third-order valence-electron chi connectivity index (χ3n) is 3.90. The number of nitrogens with one attached hydrogen (secondary N) is 1. The van der Waals surface area contributed by atoms with Gasteiger partial charge < -0.3 is 19.9 Å². The van der Waals surface area contributed by atoms with Gasteiger partial charge >= 0.3 is 0 Å². The van der Waals surface area contributed by atoms with Gasteiger partial charge in [-0.15, -0.1) is 12.4 Å². The minimum atomic E-state index is -0.0148. The summed E-state index contributed by atoms with van der Waals surface area (Å²) in [5, 5.41) is 2.86. The van der Waals surface area contributed by atoms with Gasteiger partial charge in [-0.3, -0.25) is 9.59 Å². The van der Waals surface area contributed by atoms with Crippen molar-refractivity contribution in [1.29, 1.82) is 0 Å². The number of carbonyl (C=O) groups excluding carboxylic acids is 2. The van der Waals surface area contributed by atoms with E-state index in [-0.39, 0.29) is 24.2 Å². The molecular weight excluding hydrogens is 318 g/mol. The Morgan fingerprint density at radius 1 is 1.17 bits per heavy atom. The molecule has 0 saturated carbocycles. The fraction of sp³-hybridized carbons (Fsp3) is 0.500. The fourth-order valence-electron chi connectivity index (χ4n) is 2.56. The zero-order valence-electron chi connectivity index (χ0n) is 13.8. The first-order chi connectivity index (χ1) is 10.6. The summed E-state index contributed by atoms with van der Waals surface area (Å²) in [4.78, 5) is 27.9. The van der Waals surface area contributed by atoms with E-state index in [4.69, 9.17) is 4.74 Å². The van der Waals surface area contributed by atoms with Crippen molar-refractivity contribution in [2.24, 2.45) is 0 Å². The number of nitrogens with zero attached hydrogens (tertiary/aromatic N) is 2. The molecule has 0 unspecified atom stereocenters. The lowest BCUT2D eigenvalue weighted by molar-refractivity contribution is -0.131.